The summed E-state index contributed by atoms with van der Waals surface area (Å²) < 4.78 is 1.32. The summed E-state index contributed by atoms with van der Waals surface area (Å²) >= 11 is 0. The molecular formula is C20H24N2O3. The summed E-state index contributed by atoms with van der Waals surface area (Å²) in [5.41, 5.74) is 1.95. The highest BCUT2D eigenvalue weighted by atomic mass is 16.4. The molecule has 132 valence electrons. The first-order chi connectivity index (χ1) is 11.9. The Morgan fingerprint density at radius 3 is 2.64 bits per heavy atom. The Kier molecular flexibility index (Phi) is 4.41. The number of carboxylic acid groups (broad SMARTS) is 1. The van der Waals surface area contributed by atoms with Crippen LogP contribution in [0.1, 0.15) is 51.3 Å². The summed E-state index contributed by atoms with van der Waals surface area (Å²) in [6.45, 7) is 6.73. The smallest absolute Gasteiger partial charge is 0.416 e. The van der Waals surface area contributed by atoms with Crippen molar-refractivity contribution < 1.29 is 14.7 Å². The number of benzene rings is 1. The van der Waals surface area contributed by atoms with Crippen molar-refractivity contribution in [2.75, 3.05) is 6.54 Å². The molecule has 0 atom stereocenters. The van der Waals surface area contributed by atoms with Gasteiger partial charge in [-0.2, -0.15) is 0 Å². The SMILES string of the molecule is CCCCC(=O)N1C=Cc2c(c3ccccc3n2C(=O)O)C(C)(C)C1. The largest absolute Gasteiger partial charge is 0.464 e. The number of hydrogen-bond acceptors (Lipinski definition) is 2. The Hall–Kier alpha value is -2.56. The predicted octanol–water partition coefficient (Wildman–Crippen LogP) is 4.45. The second-order valence-electron chi connectivity index (χ2n) is 7.22. The van der Waals surface area contributed by atoms with Gasteiger partial charge in [0.15, 0.2) is 0 Å². The fourth-order valence-corrected chi connectivity index (χ4v) is 3.70. The van der Waals surface area contributed by atoms with Crippen LogP contribution in [-0.2, 0) is 10.2 Å². The highest BCUT2D eigenvalue weighted by Gasteiger charge is 2.34. The third-order valence-corrected chi connectivity index (χ3v) is 4.82. The Morgan fingerprint density at radius 1 is 1.24 bits per heavy atom. The number of carbonyl (C=O) groups is 2. The molecule has 0 bridgehead atoms. The zero-order valence-corrected chi connectivity index (χ0v) is 15.0. The molecule has 0 spiro atoms. The van der Waals surface area contributed by atoms with Crippen LogP contribution in [0.2, 0.25) is 0 Å². The lowest BCUT2D eigenvalue weighted by molar-refractivity contribution is -0.129. The monoisotopic (exact) mass is 340 g/mol. The van der Waals surface area contributed by atoms with Crippen LogP contribution in [0.4, 0.5) is 4.79 Å². The number of aromatic nitrogens is 1. The molecule has 1 amide bonds. The van der Waals surface area contributed by atoms with E-state index >= 15 is 0 Å². The molecule has 0 unspecified atom stereocenters. The van der Waals surface area contributed by atoms with Crippen LogP contribution in [0.3, 0.4) is 0 Å². The predicted molar refractivity (Wildman–Crippen MR) is 98.7 cm³/mol. The van der Waals surface area contributed by atoms with Gasteiger partial charge in [0.25, 0.3) is 0 Å². The number of nitrogens with zero attached hydrogens (tertiary/aromatic N) is 2. The molecule has 2 aromatic rings. The first-order valence-corrected chi connectivity index (χ1v) is 8.71. The van der Waals surface area contributed by atoms with Gasteiger partial charge >= 0.3 is 6.09 Å². The molecule has 25 heavy (non-hydrogen) atoms. The molecule has 1 N–H and O–H groups in total. The highest BCUT2D eigenvalue weighted by Crippen LogP contribution is 2.39. The summed E-state index contributed by atoms with van der Waals surface area (Å²) in [6.07, 6.45) is 4.85. The van der Waals surface area contributed by atoms with E-state index in [9.17, 15) is 14.7 Å². The van der Waals surface area contributed by atoms with Crippen LogP contribution in [-0.4, -0.2) is 33.1 Å². The van der Waals surface area contributed by atoms with Crippen molar-refractivity contribution in [3.05, 3.63) is 41.7 Å². The van der Waals surface area contributed by atoms with Crippen molar-refractivity contribution in [1.29, 1.82) is 0 Å². The molecule has 5 nitrogen and oxygen atoms in total. The van der Waals surface area contributed by atoms with E-state index in [4.69, 9.17) is 0 Å². The lowest BCUT2D eigenvalue weighted by Gasteiger charge is -2.29. The van der Waals surface area contributed by atoms with Crippen molar-refractivity contribution in [2.24, 2.45) is 0 Å². The molecule has 1 aromatic heterocycles. The van der Waals surface area contributed by atoms with E-state index in [1.54, 1.807) is 17.2 Å². The van der Waals surface area contributed by atoms with E-state index in [0.717, 1.165) is 23.8 Å². The van der Waals surface area contributed by atoms with E-state index in [-0.39, 0.29) is 11.3 Å². The number of rotatable bonds is 3. The standard InChI is InChI=1S/C20H24N2O3/c1-4-5-10-17(23)21-12-11-16-18(20(2,3)13-21)14-8-6-7-9-15(14)22(16)19(24)25/h6-9,11-12H,4-5,10,13H2,1-3H3,(H,24,25). The third kappa shape index (κ3) is 2.95. The molecule has 1 aliphatic rings. The molecular weight excluding hydrogens is 316 g/mol. The fourth-order valence-electron chi connectivity index (χ4n) is 3.70. The first kappa shape index (κ1) is 17.3. The minimum absolute atomic E-state index is 0.0857. The molecule has 0 fully saturated rings. The summed E-state index contributed by atoms with van der Waals surface area (Å²) in [5, 5.41) is 10.7. The molecule has 0 aliphatic carbocycles. The second kappa shape index (κ2) is 6.39. The molecule has 1 aromatic carbocycles. The van der Waals surface area contributed by atoms with E-state index in [1.807, 2.05) is 24.3 Å². The van der Waals surface area contributed by atoms with Gasteiger partial charge in [0.2, 0.25) is 5.91 Å². The lowest BCUT2D eigenvalue weighted by atomic mass is 9.82. The Balaban J connectivity index is 2.16. The quantitative estimate of drug-likeness (QED) is 0.898. The molecule has 0 saturated carbocycles. The fraction of sp³-hybridized carbons (Fsp3) is 0.400. The topological polar surface area (TPSA) is 62.5 Å². The van der Waals surface area contributed by atoms with Crippen LogP contribution in [0, 0.1) is 0 Å². The third-order valence-electron chi connectivity index (χ3n) is 4.82. The highest BCUT2D eigenvalue weighted by molar-refractivity contribution is 5.97. The summed E-state index contributed by atoms with van der Waals surface area (Å²) in [4.78, 5) is 26.1. The maximum absolute atomic E-state index is 12.5. The van der Waals surface area contributed by atoms with E-state index < -0.39 is 6.09 Å². The number of carbonyl (C=O) groups excluding carboxylic acids is 1. The van der Waals surface area contributed by atoms with Crippen LogP contribution >= 0.6 is 0 Å². The number of hydrogen-bond donors (Lipinski definition) is 1. The van der Waals surface area contributed by atoms with Gasteiger partial charge in [-0.15, -0.1) is 0 Å². The van der Waals surface area contributed by atoms with E-state index in [2.05, 4.69) is 20.8 Å². The van der Waals surface area contributed by atoms with Crippen molar-refractivity contribution in [3.8, 4) is 0 Å². The van der Waals surface area contributed by atoms with Crippen LogP contribution in [0.25, 0.3) is 17.0 Å². The molecule has 5 heteroatoms. The zero-order chi connectivity index (χ0) is 18.2. The van der Waals surface area contributed by atoms with E-state index in [1.165, 1.54) is 4.57 Å². The van der Waals surface area contributed by atoms with Crippen LogP contribution < -0.4 is 0 Å². The minimum Gasteiger partial charge on any atom is -0.464 e. The number of amides is 1. The lowest BCUT2D eigenvalue weighted by Crippen LogP contribution is -2.36. The van der Waals surface area contributed by atoms with Crippen molar-refractivity contribution in [3.63, 3.8) is 0 Å². The number of unbranched alkanes of at least 4 members (excludes halogenated alkanes) is 1. The molecule has 0 radical (unpaired) electrons. The maximum atomic E-state index is 12.5. The zero-order valence-electron chi connectivity index (χ0n) is 15.0. The van der Waals surface area contributed by atoms with Crippen molar-refractivity contribution >= 4 is 29.0 Å². The minimum atomic E-state index is -1.01. The van der Waals surface area contributed by atoms with Gasteiger partial charge in [-0.05, 0) is 24.1 Å². The number of fused-ring (bicyclic) bond motifs is 3. The summed E-state index contributed by atoms with van der Waals surface area (Å²) in [6, 6.07) is 7.55. The van der Waals surface area contributed by atoms with Gasteiger partial charge < -0.3 is 10.0 Å². The molecule has 2 heterocycles. The molecule has 0 saturated heterocycles. The maximum Gasteiger partial charge on any atom is 0.416 e. The average molecular weight is 340 g/mol. The van der Waals surface area contributed by atoms with Gasteiger partial charge in [-0.1, -0.05) is 45.4 Å². The van der Waals surface area contributed by atoms with Gasteiger partial charge in [0.1, 0.15) is 0 Å². The number of para-hydroxylation sites is 1. The second-order valence-corrected chi connectivity index (χ2v) is 7.22. The molecule has 1 aliphatic heterocycles. The Bertz CT molecular complexity index is 861. The Labute approximate surface area is 147 Å². The Morgan fingerprint density at radius 2 is 1.96 bits per heavy atom. The molecule has 3 rings (SSSR count). The normalized spacial score (nSPS) is 15.9. The summed E-state index contributed by atoms with van der Waals surface area (Å²) in [5.74, 6) is 0.0857. The van der Waals surface area contributed by atoms with Gasteiger partial charge in [0.05, 0.1) is 11.2 Å². The van der Waals surface area contributed by atoms with Crippen molar-refractivity contribution in [1.82, 2.24) is 9.47 Å². The van der Waals surface area contributed by atoms with Crippen molar-refractivity contribution in [2.45, 2.75) is 45.4 Å². The van der Waals surface area contributed by atoms with E-state index in [0.29, 0.717) is 24.2 Å². The first-order valence-electron chi connectivity index (χ1n) is 8.71. The van der Waals surface area contributed by atoms with Gasteiger partial charge in [0, 0.05) is 30.0 Å². The summed E-state index contributed by atoms with van der Waals surface area (Å²) in [7, 11) is 0. The van der Waals surface area contributed by atoms with Crippen LogP contribution in [0.5, 0.6) is 0 Å². The van der Waals surface area contributed by atoms with Crippen LogP contribution in [0.15, 0.2) is 30.5 Å². The average Bonchev–Trinajstić information content (AvgIpc) is 2.84. The van der Waals surface area contributed by atoms with Gasteiger partial charge in [-0.25, -0.2) is 9.36 Å². The van der Waals surface area contributed by atoms with Gasteiger partial charge in [-0.3, -0.25) is 4.79 Å².